The Hall–Kier alpha value is -3.74. The Morgan fingerprint density at radius 2 is 1.84 bits per heavy atom. The molecule has 0 aliphatic carbocycles. The highest BCUT2D eigenvalue weighted by atomic mass is 16.1. The fraction of sp³-hybridized carbons (Fsp3) is 0.280. The molecule has 0 aliphatic heterocycles. The second-order valence-corrected chi connectivity index (χ2v) is 7.91. The van der Waals surface area contributed by atoms with Crippen molar-refractivity contribution < 1.29 is 4.79 Å². The molecule has 4 rings (SSSR count). The molecule has 0 fully saturated rings. The van der Waals surface area contributed by atoms with Crippen molar-refractivity contribution in [2.75, 3.05) is 5.32 Å². The molecule has 2 aromatic heterocycles. The van der Waals surface area contributed by atoms with Crippen molar-refractivity contribution >= 4 is 22.6 Å². The third-order valence-electron chi connectivity index (χ3n) is 5.61. The molecule has 1 amide bonds. The van der Waals surface area contributed by atoms with Gasteiger partial charge in [0.05, 0.1) is 30.0 Å². The van der Waals surface area contributed by atoms with Crippen LogP contribution in [-0.2, 0) is 24.3 Å². The highest BCUT2D eigenvalue weighted by Gasteiger charge is 2.10. The average molecular weight is 430 g/mol. The maximum absolute atomic E-state index is 12.7. The minimum absolute atomic E-state index is 0.0775. The largest absolute Gasteiger partial charge is 0.311 e. The summed E-state index contributed by atoms with van der Waals surface area (Å²) >= 11 is 0. The van der Waals surface area contributed by atoms with Gasteiger partial charge in [-0.3, -0.25) is 14.2 Å². The highest BCUT2D eigenvalue weighted by Crippen LogP contribution is 2.13. The molecule has 0 unspecified atom stereocenters. The van der Waals surface area contributed by atoms with Crippen molar-refractivity contribution in [3.63, 3.8) is 0 Å². The molecule has 4 aromatic rings. The van der Waals surface area contributed by atoms with Crippen molar-refractivity contribution in [2.24, 2.45) is 0 Å². The minimum Gasteiger partial charge on any atom is -0.311 e. The van der Waals surface area contributed by atoms with Crippen molar-refractivity contribution in [3.05, 3.63) is 88.1 Å². The topological polar surface area (TPSA) is 81.8 Å². The van der Waals surface area contributed by atoms with Gasteiger partial charge >= 0.3 is 0 Å². The van der Waals surface area contributed by atoms with Crippen LogP contribution >= 0.6 is 0 Å². The number of hydrogen-bond acceptors (Lipinski definition) is 4. The molecule has 0 aliphatic rings. The van der Waals surface area contributed by atoms with Gasteiger partial charge in [0.2, 0.25) is 5.91 Å². The van der Waals surface area contributed by atoms with Crippen LogP contribution in [0.15, 0.2) is 65.8 Å². The van der Waals surface area contributed by atoms with Crippen LogP contribution in [0.2, 0.25) is 0 Å². The van der Waals surface area contributed by atoms with E-state index in [-0.39, 0.29) is 11.5 Å². The first kappa shape index (κ1) is 21.5. The van der Waals surface area contributed by atoms with E-state index in [1.165, 1.54) is 5.56 Å². The number of anilines is 1. The Kier molecular flexibility index (Phi) is 6.44. The Morgan fingerprint density at radius 3 is 2.62 bits per heavy atom. The van der Waals surface area contributed by atoms with Gasteiger partial charge in [-0.1, -0.05) is 43.3 Å². The van der Waals surface area contributed by atoms with Crippen LogP contribution in [0.4, 0.5) is 5.82 Å². The first-order chi connectivity index (χ1) is 15.5. The van der Waals surface area contributed by atoms with Crippen molar-refractivity contribution in [1.29, 1.82) is 0 Å². The number of fused-ring (bicyclic) bond motifs is 1. The van der Waals surface area contributed by atoms with Crippen LogP contribution in [0.3, 0.4) is 0 Å². The molecule has 32 heavy (non-hydrogen) atoms. The van der Waals surface area contributed by atoms with Gasteiger partial charge in [-0.25, -0.2) is 9.67 Å². The molecule has 0 saturated heterocycles. The summed E-state index contributed by atoms with van der Waals surface area (Å²) in [6.07, 6.45) is 5.09. The third kappa shape index (κ3) is 4.77. The van der Waals surface area contributed by atoms with E-state index in [4.69, 9.17) is 0 Å². The van der Waals surface area contributed by atoms with E-state index in [9.17, 15) is 9.59 Å². The monoisotopic (exact) mass is 429 g/mol. The average Bonchev–Trinajstić information content (AvgIpc) is 3.22. The minimum atomic E-state index is -0.106. The van der Waals surface area contributed by atoms with E-state index in [2.05, 4.69) is 46.6 Å². The number of amides is 1. The fourth-order valence-corrected chi connectivity index (χ4v) is 3.73. The molecular weight excluding hydrogens is 402 g/mol. The summed E-state index contributed by atoms with van der Waals surface area (Å²) < 4.78 is 3.35. The van der Waals surface area contributed by atoms with Crippen LogP contribution in [0.5, 0.6) is 0 Å². The first-order valence-corrected chi connectivity index (χ1v) is 10.9. The molecule has 0 radical (unpaired) electrons. The van der Waals surface area contributed by atoms with Gasteiger partial charge in [-0.2, -0.15) is 5.10 Å². The predicted molar refractivity (Wildman–Crippen MR) is 126 cm³/mol. The molecule has 2 aromatic carbocycles. The lowest BCUT2D eigenvalue weighted by Gasteiger charge is -2.10. The number of nitrogens with zero attached hydrogens (tertiary/aromatic N) is 4. The summed E-state index contributed by atoms with van der Waals surface area (Å²) in [6, 6.07) is 15.8. The van der Waals surface area contributed by atoms with Crippen LogP contribution in [0, 0.1) is 6.92 Å². The molecule has 7 nitrogen and oxygen atoms in total. The fourth-order valence-electron chi connectivity index (χ4n) is 3.73. The molecule has 2 heterocycles. The number of aryl methyl sites for hydroxylation is 3. The molecule has 0 saturated carbocycles. The number of benzene rings is 2. The Balaban J connectivity index is 1.34. The van der Waals surface area contributed by atoms with E-state index in [0.717, 1.165) is 23.1 Å². The standard InChI is InChI=1S/C25H27N5O2/c1-3-19-9-11-20(12-10-19)16-30-22(13-14-27-30)28-23(31)8-5-15-29-17-26-24-18(2)6-4-7-21(24)25(29)32/h4,6-7,9-14,17H,3,5,8,15-16H2,1-2H3,(H,28,31). The van der Waals surface area contributed by atoms with Gasteiger partial charge in [-0.05, 0) is 42.5 Å². The summed E-state index contributed by atoms with van der Waals surface area (Å²) in [5, 5.41) is 7.87. The maximum Gasteiger partial charge on any atom is 0.261 e. The molecule has 1 N–H and O–H groups in total. The normalized spacial score (nSPS) is 11.1. The summed E-state index contributed by atoms with van der Waals surface area (Å²) in [7, 11) is 0. The van der Waals surface area contributed by atoms with Crippen molar-refractivity contribution in [3.8, 4) is 0 Å². The molecule has 0 bridgehead atoms. The van der Waals surface area contributed by atoms with Crippen LogP contribution < -0.4 is 10.9 Å². The molecule has 0 atom stereocenters. The lowest BCUT2D eigenvalue weighted by Crippen LogP contribution is -2.22. The molecule has 164 valence electrons. The second-order valence-electron chi connectivity index (χ2n) is 7.91. The lowest BCUT2D eigenvalue weighted by atomic mass is 10.1. The van der Waals surface area contributed by atoms with Gasteiger partial charge in [0.1, 0.15) is 5.82 Å². The molecule has 0 spiro atoms. The Labute approximate surface area is 186 Å². The van der Waals surface area contributed by atoms with Crippen molar-refractivity contribution in [1.82, 2.24) is 19.3 Å². The Bertz CT molecular complexity index is 1290. The van der Waals surface area contributed by atoms with Crippen LogP contribution in [0.25, 0.3) is 10.9 Å². The summed E-state index contributed by atoms with van der Waals surface area (Å²) in [5.74, 6) is 0.556. The second kappa shape index (κ2) is 9.60. The number of hydrogen-bond donors (Lipinski definition) is 1. The van der Waals surface area contributed by atoms with Gasteiger partial charge in [0, 0.05) is 19.0 Å². The van der Waals surface area contributed by atoms with Gasteiger partial charge in [0.25, 0.3) is 5.56 Å². The van der Waals surface area contributed by atoms with Crippen LogP contribution in [-0.4, -0.2) is 25.2 Å². The maximum atomic E-state index is 12.7. The van der Waals surface area contributed by atoms with Gasteiger partial charge < -0.3 is 5.32 Å². The summed E-state index contributed by atoms with van der Waals surface area (Å²) in [6.45, 7) is 5.09. The van der Waals surface area contributed by atoms with Crippen molar-refractivity contribution in [2.45, 2.75) is 46.2 Å². The van der Waals surface area contributed by atoms with Gasteiger partial charge in [0.15, 0.2) is 0 Å². The number of nitrogens with one attached hydrogen (secondary N) is 1. The third-order valence-corrected chi connectivity index (χ3v) is 5.61. The molecule has 7 heteroatoms. The van der Waals surface area contributed by atoms with Gasteiger partial charge in [-0.15, -0.1) is 0 Å². The van der Waals surface area contributed by atoms with E-state index in [0.29, 0.717) is 37.1 Å². The van der Waals surface area contributed by atoms with Crippen LogP contribution in [0.1, 0.15) is 36.5 Å². The number of carbonyl (C=O) groups excluding carboxylic acids is 1. The number of rotatable bonds is 8. The zero-order valence-corrected chi connectivity index (χ0v) is 18.4. The predicted octanol–water partition coefficient (Wildman–Crippen LogP) is 3.93. The first-order valence-electron chi connectivity index (χ1n) is 10.9. The lowest BCUT2D eigenvalue weighted by molar-refractivity contribution is -0.116. The van der Waals surface area contributed by atoms with E-state index < -0.39 is 0 Å². The summed E-state index contributed by atoms with van der Waals surface area (Å²) in [5.41, 5.74) is 4.04. The Morgan fingerprint density at radius 1 is 1.06 bits per heavy atom. The number of aromatic nitrogens is 4. The quantitative estimate of drug-likeness (QED) is 0.460. The van der Waals surface area contributed by atoms with E-state index in [1.54, 1.807) is 33.9 Å². The van der Waals surface area contributed by atoms with E-state index >= 15 is 0 Å². The molecular formula is C25H27N5O2. The highest BCUT2D eigenvalue weighted by molar-refractivity contribution is 5.89. The smallest absolute Gasteiger partial charge is 0.261 e. The van der Waals surface area contributed by atoms with E-state index in [1.807, 2.05) is 19.1 Å². The summed E-state index contributed by atoms with van der Waals surface area (Å²) in [4.78, 5) is 29.6. The number of carbonyl (C=O) groups is 1. The zero-order chi connectivity index (χ0) is 22.5. The number of para-hydroxylation sites is 1. The zero-order valence-electron chi connectivity index (χ0n) is 18.4. The SMILES string of the molecule is CCc1ccc(Cn2nccc2NC(=O)CCCn2cnc3c(C)cccc3c2=O)cc1.